The molecule has 1 saturated heterocycles. The molecule has 3 aliphatic carbocycles. The van der Waals surface area contributed by atoms with Crippen LogP contribution in [0.2, 0.25) is 0 Å². The number of hydrogen-bond donors (Lipinski definition) is 2. The Labute approximate surface area is 203 Å². The predicted molar refractivity (Wildman–Crippen MR) is 131 cm³/mol. The van der Waals surface area contributed by atoms with Gasteiger partial charge in [0.1, 0.15) is 6.54 Å². The monoisotopic (exact) mass is 468 g/mol. The quantitative estimate of drug-likeness (QED) is 0.615. The molecule has 1 aromatic carbocycles. The maximum atomic E-state index is 13.6. The minimum Gasteiger partial charge on any atom is -0.388 e. The van der Waals surface area contributed by atoms with Gasteiger partial charge in [0.15, 0.2) is 0 Å². The molecule has 0 radical (unpaired) electrons. The van der Waals surface area contributed by atoms with E-state index in [1.165, 1.54) is 24.8 Å². The van der Waals surface area contributed by atoms with Gasteiger partial charge >= 0.3 is 6.03 Å². The van der Waals surface area contributed by atoms with Gasteiger partial charge in [0.2, 0.25) is 5.91 Å². The molecule has 2 N–H and O–H groups in total. The van der Waals surface area contributed by atoms with Gasteiger partial charge in [-0.2, -0.15) is 0 Å². The number of nitrogens with zero attached hydrogens (tertiary/aromatic N) is 3. The van der Waals surface area contributed by atoms with Crippen molar-refractivity contribution >= 4 is 11.9 Å². The van der Waals surface area contributed by atoms with Crippen LogP contribution in [-0.4, -0.2) is 83.2 Å². The number of carbonyl (C=O) groups excluding carboxylic acids is 2. The molecule has 4 aliphatic rings. The maximum absolute atomic E-state index is 13.6. The van der Waals surface area contributed by atoms with Crippen molar-refractivity contribution in [2.45, 2.75) is 74.5 Å². The molecule has 1 heterocycles. The Kier molecular flexibility index (Phi) is 6.13. The molecule has 1 aromatic rings. The van der Waals surface area contributed by atoms with E-state index < -0.39 is 5.60 Å². The Morgan fingerprint density at radius 2 is 1.76 bits per heavy atom. The summed E-state index contributed by atoms with van der Waals surface area (Å²) in [4.78, 5) is 32.5. The molecule has 7 heteroatoms. The molecular weight excluding hydrogens is 428 g/mol. The fourth-order valence-corrected chi connectivity index (χ4v) is 6.32. The normalized spacial score (nSPS) is 30.6. The van der Waals surface area contributed by atoms with Gasteiger partial charge in [-0.05, 0) is 76.9 Å². The van der Waals surface area contributed by atoms with Gasteiger partial charge in [-0.3, -0.25) is 9.69 Å². The summed E-state index contributed by atoms with van der Waals surface area (Å²) in [6, 6.07) is 10.8. The molecule has 0 atom stereocenters. The van der Waals surface area contributed by atoms with E-state index in [4.69, 9.17) is 0 Å². The van der Waals surface area contributed by atoms with Crippen LogP contribution in [0.4, 0.5) is 4.79 Å². The van der Waals surface area contributed by atoms with Gasteiger partial charge in [0.05, 0.1) is 11.1 Å². The van der Waals surface area contributed by atoms with Crippen LogP contribution < -0.4 is 5.32 Å². The third kappa shape index (κ3) is 4.33. The first-order valence-electron chi connectivity index (χ1n) is 13.0. The molecular formula is C27H40N4O3. The number of urea groups is 1. The van der Waals surface area contributed by atoms with E-state index >= 15 is 0 Å². The minimum absolute atomic E-state index is 0.0178. The van der Waals surface area contributed by atoms with E-state index in [-0.39, 0.29) is 36.1 Å². The smallest absolute Gasteiger partial charge is 0.321 e. The van der Waals surface area contributed by atoms with E-state index in [2.05, 4.69) is 59.5 Å². The van der Waals surface area contributed by atoms with Crippen molar-refractivity contribution in [3.8, 4) is 0 Å². The molecule has 5 rings (SSSR count). The Balaban J connectivity index is 1.32. The summed E-state index contributed by atoms with van der Waals surface area (Å²) >= 11 is 0. The van der Waals surface area contributed by atoms with Crippen molar-refractivity contribution in [3.05, 3.63) is 35.9 Å². The van der Waals surface area contributed by atoms with Crippen LogP contribution in [0.25, 0.3) is 0 Å². The van der Waals surface area contributed by atoms with Crippen molar-refractivity contribution in [2.75, 3.05) is 40.3 Å². The van der Waals surface area contributed by atoms with E-state index in [1.54, 1.807) is 4.90 Å². The van der Waals surface area contributed by atoms with Gasteiger partial charge in [-0.15, -0.1) is 0 Å². The van der Waals surface area contributed by atoms with Gasteiger partial charge < -0.3 is 20.2 Å². The average molecular weight is 469 g/mol. The van der Waals surface area contributed by atoms with Crippen LogP contribution in [-0.2, 0) is 10.3 Å². The molecule has 4 fully saturated rings. The Morgan fingerprint density at radius 1 is 1.09 bits per heavy atom. The van der Waals surface area contributed by atoms with Crippen LogP contribution in [0.1, 0.15) is 63.4 Å². The Hall–Kier alpha value is -2.12. The molecule has 0 aromatic heterocycles. The third-order valence-electron chi connectivity index (χ3n) is 9.18. The van der Waals surface area contributed by atoms with E-state index in [0.717, 1.165) is 45.1 Å². The second-order valence-electron chi connectivity index (χ2n) is 11.6. The molecule has 1 spiro atoms. The van der Waals surface area contributed by atoms with Gasteiger partial charge in [0.25, 0.3) is 0 Å². The van der Waals surface area contributed by atoms with Crippen molar-refractivity contribution in [1.29, 1.82) is 0 Å². The lowest BCUT2D eigenvalue weighted by Crippen LogP contribution is -2.56. The lowest BCUT2D eigenvalue weighted by atomic mass is 9.68. The highest BCUT2D eigenvalue weighted by molar-refractivity contribution is 5.86. The van der Waals surface area contributed by atoms with Crippen LogP contribution in [0, 0.1) is 5.92 Å². The summed E-state index contributed by atoms with van der Waals surface area (Å²) in [6.07, 6.45) is 9.00. The molecule has 7 nitrogen and oxygen atoms in total. The highest BCUT2D eigenvalue weighted by Gasteiger charge is 2.55. The van der Waals surface area contributed by atoms with Crippen LogP contribution in [0.5, 0.6) is 0 Å². The SMILES string of the molecule is CN(C)[C@]1(c2ccccc2)CC[C@]2(CC1)CN(CC(=O)NCC1(O)CC1)C(=O)N2CC1CCC1. The number of nitrogens with one attached hydrogen (secondary N) is 1. The van der Waals surface area contributed by atoms with Crippen LogP contribution in [0.15, 0.2) is 30.3 Å². The zero-order chi connectivity index (χ0) is 24.0. The summed E-state index contributed by atoms with van der Waals surface area (Å²) in [5.41, 5.74) is 0.398. The molecule has 3 amide bonds. The fourth-order valence-electron chi connectivity index (χ4n) is 6.32. The zero-order valence-electron chi connectivity index (χ0n) is 20.8. The third-order valence-corrected chi connectivity index (χ3v) is 9.18. The second kappa shape index (κ2) is 8.83. The number of amides is 3. The van der Waals surface area contributed by atoms with Crippen molar-refractivity contribution in [2.24, 2.45) is 5.92 Å². The van der Waals surface area contributed by atoms with Crippen molar-refractivity contribution in [1.82, 2.24) is 20.0 Å². The number of benzene rings is 1. The Bertz CT molecular complexity index is 902. The summed E-state index contributed by atoms with van der Waals surface area (Å²) in [7, 11) is 4.34. The minimum atomic E-state index is -0.724. The summed E-state index contributed by atoms with van der Waals surface area (Å²) in [5.74, 6) is 0.422. The first-order valence-corrected chi connectivity index (χ1v) is 13.0. The van der Waals surface area contributed by atoms with E-state index in [9.17, 15) is 14.7 Å². The van der Waals surface area contributed by atoms with E-state index in [0.29, 0.717) is 12.5 Å². The van der Waals surface area contributed by atoms with Crippen molar-refractivity contribution < 1.29 is 14.7 Å². The molecule has 3 saturated carbocycles. The standard InChI is InChI=1S/C27H40N4O3/c1-29(2)27(22-9-4-3-5-10-22)15-11-25(12-16-27)20-30(18-23(32)28-19-26(34)13-14-26)24(33)31(25)17-21-7-6-8-21/h3-5,9-10,21,34H,6-8,11-20H2,1-2H3,(H,28,32)/t25-,27+. The summed E-state index contributed by atoms with van der Waals surface area (Å²) < 4.78 is 0. The first-order chi connectivity index (χ1) is 16.3. The highest BCUT2D eigenvalue weighted by atomic mass is 16.3. The highest BCUT2D eigenvalue weighted by Crippen LogP contribution is 2.49. The number of aliphatic hydroxyl groups is 1. The predicted octanol–water partition coefficient (Wildman–Crippen LogP) is 2.94. The number of carbonyl (C=O) groups is 2. The molecule has 0 bridgehead atoms. The lowest BCUT2D eigenvalue weighted by molar-refractivity contribution is -0.122. The van der Waals surface area contributed by atoms with Crippen LogP contribution in [0.3, 0.4) is 0 Å². The second-order valence-corrected chi connectivity index (χ2v) is 11.6. The van der Waals surface area contributed by atoms with E-state index in [1.807, 2.05) is 0 Å². The average Bonchev–Trinajstić information content (AvgIpc) is 3.49. The lowest BCUT2D eigenvalue weighted by Gasteiger charge is -2.51. The fraction of sp³-hybridized carbons (Fsp3) is 0.704. The molecule has 34 heavy (non-hydrogen) atoms. The zero-order valence-corrected chi connectivity index (χ0v) is 20.8. The molecule has 186 valence electrons. The molecule has 1 aliphatic heterocycles. The van der Waals surface area contributed by atoms with Crippen molar-refractivity contribution in [3.63, 3.8) is 0 Å². The van der Waals surface area contributed by atoms with Gasteiger partial charge in [0, 0.05) is 25.2 Å². The Morgan fingerprint density at radius 3 is 2.32 bits per heavy atom. The number of rotatable bonds is 8. The van der Waals surface area contributed by atoms with Gasteiger partial charge in [-0.1, -0.05) is 36.8 Å². The largest absolute Gasteiger partial charge is 0.388 e. The van der Waals surface area contributed by atoms with Gasteiger partial charge in [-0.25, -0.2) is 4.79 Å². The summed E-state index contributed by atoms with van der Waals surface area (Å²) in [6.45, 7) is 1.80. The summed E-state index contributed by atoms with van der Waals surface area (Å²) in [5, 5.41) is 12.9. The topological polar surface area (TPSA) is 76.1 Å². The first kappa shape index (κ1) is 23.6. The maximum Gasteiger partial charge on any atom is 0.321 e. The number of hydrogen-bond acceptors (Lipinski definition) is 4. The molecule has 0 unspecified atom stereocenters. The van der Waals surface area contributed by atoms with Crippen LogP contribution >= 0.6 is 0 Å².